The molecule has 7 nitrogen and oxygen atoms in total. The third kappa shape index (κ3) is 4.09. The number of nitrogens with zero attached hydrogens (tertiary/aromatic N) is 2. The van der Waals surface area contributed by atoms with E-state index in [0.29, 0.717) is 36.2 Å². The van der Waals surface area contributed by atoms with Gasteiger partial charge in [-0.05, 0) is 39.0 Å². The predicted molar refractivity (Wildman–Crippen MR) is 105 cm³/mol. The van der Waals surface area contributed by atoms with E-state index in [-0.39, 0.29) is 12.3 Å². The van der Waals surface area contributed by atoms with E-state index < -0.39 is 0 Å². The Labute approximate surface area is 158 Å². The largest absolute Gasteiger partial charge is 0.497 e. The third-order valence-corrected chi connectivity index (χ3v) is 4.34. The van der Waals surface area contributed by atoms with Crippen LogP contribution in [0.2, 0.25) is 0 Å². The van der Waals surface area contributed by atoms with E-state index in [0.717, 1.165) is 22.2 Å². The van der Waals surface area contributed by atoms with E-state index in [2.05, 4.69) is 20.3 Å². The van der Waals surface area contributed by atoms with E-state index in [4.69, 9.17) is 9.47 Å². The maximum Gasteiger partial charge on any atom is 0.184 e. The van der Waals surface area contributed by atoms with Crippen LogP contribution in [0.1, 0.15) is 34.4 Å². The molecule has 0 spiro atoms. The lowest BCUT2D eigenvalue weighted by atomic mass is 10.1. The molecule has 7 heteroatoms. The van der Waals surface area contributed by atoms with Gasteiger partial charge in [-0.1, -0.05) is 0 Å². The van der Waals surface area contributed by atoms with Crippen LogP contribution in [0.3, 0.4) is 0 Å². The number of H-pyrrole nitrogens is 1. The summed E-state index contributed by atoms with van der Waals surface area (Å²) in [5.74, 6) is 1.96. The Bertz CT molecular complexity index is 965. The number of aryl methyl sites for hydroxylation is 2. The molecule has 0 bridgehead atoms. The standard InChI is InChI=1S/C20H24N4O3/c1-5-27-11-14-9-21-13(3)24-20(14)22-10-18(25)19-12(2)23-17-7-6-15(26-4)8-16(17)19/h6-9,23H,5,10-11H2,1-4H3,(H,21,22,24). The van der Waals surface area contributed by atoms with Crippen molar-refractivity contribution < 1.29 is 14.3 Å². The second kappa shape index (κ2) is 8.18. The number of benzene rings is 1. The summed E-state index contributed by atoms with van der Waals surface area (Å²) in [5, 5.41) is 4.00. The summed E-state index contributed by atoms with van der Waals surface area (Å²) in [6.07, 6.45) is 1.73. The average molecular weight is 368 g/mol. The van der Waals surface area contributed by atoms with Gasteiger partial charge in [0.15, 0.2) is 5.78 Å². The number of Topliss-reactive ketones (excluding diaryl/α,β-unsaturated/α-hetero) is 1. The first-order valence-electron chi connectivity index (χ1n) is 8.87. The number of fused-ring (bicyclic) bond motifs is 1. The highest BCUT2D eigenvalue weighted by Gasteiger charge is 2.17. The van der Waals surface area contributed by atoms with Crippen LogP contribution in [0.5, 0.6) is 5.75 Å². The molecule has 0 fully saturated rings. The molecule has 2 N–H and O–H groups in total. The molecular formula is C20H24N4O3. The molecule has 3 rings (SSSR count). The van der Waals surface area contributed by atoms with Crippen molar-refractivity contribution >= 4 is 22.5 Å². The number of hydrogen-bond acceptors (Lipinski definition) is 6. The van der Waals surface area contributed by atoms with Gasteiger partial charge in [-0.3, -0.25) is 4.79 Å². The lowest BCUT2D eigenvalue weighted by Gasteiger charge is -2.11. The summed E-state index contributed by atoms with van der Waals surface area (Å²) >= 11 is 0. The van der Waals surface area contributed by atoms with Crippen LogP contribution < -0.4 is 10.1 Å². The van der Waals surface area contributed by atoms with Crippen molar-refractivity contribution in [1.82, 2.24) is 15.0 Å². The van der Waals surface area contributed by atoms with Crippen molar-refractivity contribution in [3.63, 3.8) is 0 Å². The van der Waals surface area contributed by atoms with E-state index in [1.54, 1.807) is 13.3 Å². The minimum absolute atomic E-state index is 0.0226. The van der Waals surface area contributed by atoms with Crippen molar-refractivity contribution in [3.05, 3.63) is 47.0 Å². The summed E-state index contributed by atoms with van der Waals surface area (Å²) in [7, 11) is 1.61. The molecule has 0 aliphatic rings. The lowest BCUT2D eigenvalue weighted by Crippen LogP contribution is -2.17. The van der Waals surface area contributed by atoms with Crippen LogP contribution in [0.4, 0.5) is 5.82 Å². The van der Waals surface area contributed by atoms with Crippen molar-refractivity contribution in [2.45, 2.75) is 27.4 Å². The molecule has 2 aromatic heterocycles. The quantitative estimate of drug-likeness (QED) is 0.592. The lowest BCUT2D eigenvalue weighted by molar-refractivity contribution is 0.101. The number of rotatable bonds is 8. The van der Waals surface area contributed by atoms with Gasteiger partial charge in [0.1, 0.15) is 17.4 Å². The monoisotopic (exact) mass is 368 g/mol. The van der Waals surface area contributed by atoms with Gasteiger partial charge in [-0.2, -0.15) is 0 Å². The van der Waals surface area contributed by atoms with Crippen LogP contribution in [0.25, 0.3) is 10.9 Å². The van der Waals surface area contributed by atoms with Gasteiger partial charge in [0.25, 0.3) is 0 Å². The number of ether oxygens (including phenoxy) is 2. The van der Waals surface area contributed by atoms with Crippen molar-refractivity contribution in [3.8, 4) is 5.75 Å². The molecule has 0 radical (unpaired) electrons. The van der Waals surface area contributed by atoms with Gasteiger partial charge in [0.05, 0.1) is 20.3 Å². The summed E-state index contributed by atoms with van der Waals surface area (Å²) < 4.78 is 10.7. The maximum atomic E-state index is 12.9. The molecule has 0 aliphatic carbocycles. The predicted octanol–water partition coefficient (Wildman–Crippen LogP) is 3.41. The van der Waals surface area contributed by atoms with E-state index >= 15 is 0 Å². The van der Waals surface area contributed by atoms with Crippen molar-refractivity contribution in [2.24, 2.45) is 0 Å². The first kappa shape index (κ1) is 18.8. The maximum absolute atomic E-state index is 12.9. The van der Waals surface area contributed by atoms with Crippen molar-refractivity contribution in [2.75, 3.05) is 25.6 Å². The Hall–Kier alpha value is -2.93. The number of carbonyl (C=O) groups excluding carboxylic acids is 1. The number of carbonyl (C=O) groups is 1. The second-order valence-electron chi connectivity index (χ2n) is 6.24. The molecule has 27 heavy (non-hydrogen) atoms. The number of aromatic amines is 1. The van der Waals surface area contributed by atoms with E-state index in [1.807, 2.05) is 39.0 Å². The fraction of sp³-hybridized carbons (Fsp3) is 0.350. The van der Waals surface area contributed by atoms with E-state index in [9.17, 15) is 4.79 Å². The number of hydrogen-bond donors (Lipinski definition) is 2. The number of nitrogens with one attached hydrogen (secondary N) is 2. The third-order valence-electron chi connectivity index (χ3n) is 4.34. The Morgan fingerprint density at radius 2 is 2.11 bits per heavy atom. The summed E-state index contributed by atoms with van der Waals surface area (Å²) in [4.78, 5) is 24.8. The first-order valence-corrected chi connectivity index (χ1v) is 8.87. The molecular weight excluding hydrogens is 344 g/mol. The zero-order valence-electron chi connectivity index (χ0n) is 16.0. The van der Waals surface area contributed by atoms with Gasteiger partial charge in [-0.15, -0.1) is 0 Å². The molecule has 2 heterocycles. The van der Waals surface area contributed by atoms with Gasteiger partial charge in [0, 0.05) is 40.5 Å². The van der Waals surface area contributed by atoms with Crippen LogP contribution in [0, 0.1) is 13.8 Å². The number of ketones is 1. The summed E-state index contributed by atoms with van der Waals surface area (Å²) in [6, 6.07) is 5.66. The molecule has 3 aromatic rings. The highest BCUT2D eigenvalue weighted by Crippen LogP contribution is 2.27. The van der Waals surface area contributed by atoms with Crippen LogP contribution in [-0.4, -0.2) is 41.0 Å². The van der Waals surface area contributed by atoms with Crippen molar-refractivity contribution in [1.29, 1.82) is 0 Å². The fourth-order valence-corrected chi connectivity index (χ4v) is 3.01. The topological polar surface area (TPSA) is 89.1 Å². The highest BCUT2D eigenvalue weighted by molar-refractivity contribution is 6.11. The highest BCUT2D eigenvalue weighted by atomic mass is 16.5. The normalized spacial score (nSPS) is 11.0. The minimum atomic E-state index is -0.0226. The molecule has 0 atom stereocenters. The second-order valence-corrected chi connectivity index (χ2v) is 6.24. The van der Waals surface area contributed by atoms with Gasteiger partial charge in [0.2, 0.25) is 0 Å². The fourth-order valence-electron chi connectivity index (χ4n) is 3.01. The first-order chi connectivity index (χ1) is 13.0. The average Bonchev–Trinajstić information content (AvgIpc) is 3.00. The van der Waals surface area contributed by atoms with Crippen LogP contribution in [0.15, 0.2) is 24.4 Å². The molecule has 0 aliphatic heterocycles. The smallest absolute Gasteiger partial charge is 0.184 e. The molecule has 142 valence electrons. The Morgan fingerprint density at radius 3 is 2.85 bits per heavy atom. The van der Waals surface area contributed by atoms with Gasteiger partial charge in [-0.25, -0.2) is 9.97 Å². The molecule has 1 aromatic carbocycles. The molecule has 0 saturated carbocycles. The summed E-state index contributed by atoms with van der Waals surface area (Å²) in [5.41, 5.74) is 3.23. The van der Waals surface area contributed by atoms with Gasteiger partial charge < -0.3 is 19.8 Å². The van der Waals surface area contributed by atoms with Gasteiger partial charge >= 0.3 is 0 Å². The number of aromatic nitrogens is 3. The molecule has 0 unspecified atom stereocenters. The Kier molecular flexibility index (Phi) is 5.71. The Balaban J connectivity index is 1.83. The summed E-state index contributed by atoms with van der Waals surface area (Å²) in [6.45, 7) is 6.77. The minimum Gasteiger partial charge on any atom is -0.497 e. The number of methoxy groups -OCH3 is 1. The Morgan fingerprint density at radius 1 is 1.30 bits per heavy atom. The van der Waals surface area contributed by atoms with Crippen LogP contribution in [-0.2, 0) is 11.3 Å². The van der Waals surface area contributed by atoms with Crippen LogP contribution >= 0.6 is 0 Å². The number of anilines is 1. The van der Waals surface area contributed by atoms with E-state index in [1.165, 1.54) is 0 Å². The SMILES string of the molecule is CCOCc1cnc(C)nc1NCC(=O)c1c(C)[nH]c2ccc(OC)cc12. The zero-order valence-corrected chi connectivity index (χ0v) is 16.0. The zero-order chi connectivity index (χ0) is 19.4. The molecule has 0 amide bonds. The molecule has 0 saturated heterocycles.